The predicted molar refractivity (Wildman–Crippen MR) is 88.5 cm³/mol. The molecule has 0 aromatic heterocycles. The summed E-state index contributed by atoms with van der Waals surface area (Å²) in [7, 11) is 0. The van der Waals surface area contributed by atoms with E-state index in [1.165, 1.54) is 11.6 Å². The quantitative estimate of drug-likeness (QED) is 0.843. The highest BCUT2D eigenvalue weighted by Gasteiger charge is 2.32. The average Bonchev–Trinajstić information content (AvgIpc) is 3.04. The van der Waals surface area contributed by atoms with Gasteiger partial charge in [-0.2, -0.15) is 0 Å². The number of halogens is 1. The molecule has 2 nitrogen and oxygen atoms in total. The zero-order chi connectivity index (χ0) is 15.5. The van der Waals surface area contributed by atoms with Gasteiger partial charge in [-0.3, -0.25) is 4.79 Å². The molecule has 114 valence electrons. The van der Waals surface area contributed by atoms with Crippen LogP contribution in [0, 0.1) is 5.82 Å². The van der Waals surface area contributed by atoms with Gasteiger partial charge in [0.1, 0.15) is 11.2 Å². The third-order valence-corrected chi connectivity index (χ3v) is 5.17. The zero-order valence-electron chi connectivity index (χ0n) is 12.5. The van der Waals surface area contributed by atoms with Gasteiger partial charge >= 0.3 is 0 Å². The molecule has 2 aromatic rings. The molecule has 22 heavy (non-hydrogen) atoms. The van der Waals surface area contributed by atoms with Gasteiger partial charge < -0.3 is 4.90 Å². The van der Waals surface area contributed by atoms with Crippen LogP contribution in [0.2, 0.25) is 0 Å². The monoisotopic (exact) mass is 315 g/mol. The minimum atomic E-state index is -0.249. The maximum atomic E-state index is 14.0. The van der Waals surface area contributed by atoms with E-state index in [2.05, 4.69) is 6.92 Å². The molecule has 0 unspecified atom stereocenters. The number of hydrogen-bond acceptors (Lipinski definition) is 2. The summed E-state index contributed by atoms with van der Waals surface area (Å²) in [4.78, 5) is 14.5. The number of aryl methyl sites for hydroxylation is 1. The van der Waals surface area contributed by atoms with E-state index in [9.17, 15) is 9.18 Å². The number of hydrogen-bond donors (Lipinski definition) is 0. The first-order valence-corrected chi connectivity index (χ1v) is 8.51. The van der Waals surface area contributed by atoms with E-state index >= 15 is 0 Å². The summed E-state index contributed by atoms with van der Waals surface area (Å²) in [5.41, 5.74) is 2.46. The molecule has 0 bridgehead atoms. The Morgan fingerprint density at radius 3 is 2.64 bits per heavy atom. The van der Waals surface area contributed by atoms with Crippen LogP contribution in [0.15, 0.2) is 48.5 Å². The zero-order valence-corrected chi connectivity index (χ0v) is 13.3. The first-order chi connectivity index (χ1) is 10.7. The van der Waals surface area contributed by atoms with Crippen molar-refractivity contribution in [2.24, 2.45) is 0 Å². The Hall–Kier alpha value is -1.81. The average molecular weight is 315 g/mol. The molecular weight excluding hydrogens is 297 g/mol. The fraction of sp³-hybridized carbons (Fsp3) is 0.278. The van der Waals surface area contributed by atoms with Gasteiger partial charge in [0.15, 0.2) is 0 Å². The summed E-state index contributed by atoms with van der Waals surface area (Å²) >= 11 is 1.61. The van der Waals surface area contributed by atoms with Crippen molar-refractivity contribution in [3.8, 4) is 0 Å². The van der Waals surface area contributed by atoms with Crippen molar-refractivity contribution in [3.05, 3.63) is 71.0 Å². The molecule has 0 saturated carbocycles. The predicted octanol–water partition coefficient (Wildman–Crippen LogP) is 4.28. The second-order valence-corrected chi connectivity index (χ2v) is 6.48. The summed E-state index contributed by atoms with van der Waals surface area (Å²) in [6, 6.07) is 14.4. The van der Waals surface area contributed by atoms with Gasteiger partial charge in [-0.25, -0.2) is 4.39 Å². The summed E-state index contributed by atoms with van der Waals surface area (Å²) in [6.45, 7) is 2.74. The molecule has 1 saturated heterocycles. The van der Waals surface area contributed by atoms with Crippen LogP contribution in [0.1, 0.15) is 33.8 Å². The van der Waals surface area contributed by atoms with E-state index in [1.807, 2.05) is 30.3 Å². The first-order valence-electron chi connectivity index (χ1n) is 7.46. The molecule has 4 heteroatoms. The molecule has 1 amide bonds. The Morgan fingerprint density at radius 1 is 1.23 bits per heavy atom. The van der Waals surface area contributed by atoms with Crippen molar-refractivity contribution in [3.63, 3.8) is 0 Å². The fourth-order valence-electron chi connectivity index (χ4n) is 2.66. The molecule has 0 spiro atoms. The Labute approximate surface area is 134 Å². The van der Waals surface area contributed by atoms with E-state index < -0.39 is 0 Å². The molecule has 1 aliphatic heterocycles. The number of nitrogens with zero attached hydrogens (tertiary/aromatic N) is 1. The van der Waals surface area contributed by atoms with Crippen LogP contribution in [0.3, 0.4) is 0 Å². The Balaban J connectivity index is 1.86. The van der Waals surface area contributed by atoms with Crippen molar-refractivity contribution in [2.45, 2.75) is 18.7 Å². The molecule has 1 aliphatic rings. The molecule has 1 atom stereocenters. The van der Waals surface area contributed by atoms with E-state index in [0.717, 1.165) is 12.2 Å². The molecule has 0 aliphatic carbocycles. The van der Waals surface area contributed by atoms with Gasteiger partial charge in [0.05, 0.1) is 0 Å². The Kier molecular flexibility index (Phi) is 4.48. The number of carbonyl (C=O) groups is 1. The van der Waals surface area contributed by atoms with Crippen LogP contribution in [0.4, 0.5) is 4.39 Å². The minimum Gasteiger partial charge on any atom is -0.322 e. The lowest BCUT2D eigenvalue weighted by Crippen LogP contribution is -2.30. The van der Waals surface area contributed by atoms with E-state index in [0.29, 0.717) is 17.7 Å². The molecule has 1 heterocycles. The van der Waals surface area contributed by atoms with Gasteiger partial charge in [0.2, 0.25) is 0 Å². The highest BCUT2D eigenvalue weighted by atomic mass is 32.2. The van der Waals surface area contributed by atoms with Crippen LogP contribution in [-0.4, -0.2) is 23.1 Å². The molecule has 1 fully saturated rings. The minimum absolute atomic E-state index is 0.0269. The van der Waals surface area contributed by atoms with Crippen LogP contribution in [0.25, 0.3) is 0 Å². The number of carbonyl (C=O) groups excluding carboxylic acids is 1. The van der Waals surface area contributed by atoms with Gasteiger partial charge in [-0.15, -0.1) is 11.8 Å². The highest BCUT2D eigenvalue weighted by molar-refractivity contribution is 7.99. The number of rotatable bonds is 3. The normalized spacial score (nSPS) is 17.7. The topological polar surface area (TPSA) is 20.3 Å². The molecule has 2 aromatic carbocycles. The number of thioether (sulfide) groups is 1. The van der Waals surface area contributed by atoms with E-state index in [1.54, 1.807) is 28.8 Å². The maximum absolute atomic E-state index is 14.0. The van der Waals surface area contributed by atoms with Crippen molar-refractivity contribution < 1.29 is 9.18 Å². The highest BCUT2D eigenvalue weighted by Crippen LogP contribution is 2.39. The van der Waals surface area contributed by atoms with Crippen molar-refractivity contribution >= 4 is 17.7 Å². The van der Waals surface area contributed by atoms with Gasteiger partial charge in [0, 0.05) is 23.4 Å². The van der Waals surface area contributed by atoms with Gasteiger partial charge in [-0.05, 0) is 30.2 Å². The van der Waals surface area contributed by atoms with Crippen LogP contribution in [-0.2, 0) is 6.42 Å². The maximum Gasteiger partial charge on any atom is 0.255 e. The standard InChI is InChI=1S/C18H18FNOS/c1-2-13-7-9-14(10-8-13)17(21)20-11-12-22-18(20)15-5-3-4-6-16(15)19/h3-10,18H,2,11-12H2,1H3/t18-/m1/s1. The largest absolute Gasteiger partial charge is 0.322 e. The summed E-state index contributed by atoms with van der Waals surface area (Å²) < 4.78 is 14.0. The molecular formula is C18H18FNOS. The second-order valence-electron chi connectivity index (χ2n) is 5.29. The number of benzene rings is 2. The van der Waals surface area contributed by atoms with Crippen molar-refractivity contribution in [1.82, 2.24) is 4.90 Å². The van der Waals surface area contributed by atoms with E-state index in [-0.39, 0.29) is 17.1 Å². The lowest BCUT2D eigenvalue weighted by atomic mass is 10.1. The Morgan fingerprint density at radius 2 is 1.95 bits per heavy atom. The van der Waals surface area contributed by atoms with Crippen molar-refractivity contribution in [2.75, 3.05) is 12.3 Å². The van der Waals surface area contributed by atoms with Crippen LogP contribution in [0.5, 0.6) is 0 Å². The molecule has 0 N–H and O–H groups in total. The van der Waals surface area contributed by atoms with Crippen LogP contribution < -0.4 is 0 Å². The SMILES string of the molecule is CCc1ccc(C(=O)N2CCS[C@@H]2c2ccccc2F)cc1. The van der Waals surface area contributed by atoms with Gasteiger partial charge in [-0.1, -0.05) is 37.3 Å². The third kappa shape index (κ3) is 2.88. The second kappa shape index (κ2) is 6.53. The molecule has 0 radical (unpaired) electrons. The van der Waals surface area contributed by atoms with E-state index in [4.69, 9.17) is 0 Å². The Bertz CT molecular complexity index is 671. The summed E-state index contributed by atoms with van der Waals surface area (Å²) in [5.74, 6) is 0.555. The van der Waals surface area contributed by atoms with Gasteiger partial charge in [0.25, 0.3) is 5.91 Å². The lowest BCUT2D eigenvalue weighted by molar-refractivity contribution is 0.0759. The smallest absolute Gasteiger partial charge is 0.255 e. The van der Waals surface area contributed by atoms with Crippen molar-refractivity contribution in [1.29, 1.82) is 0 Å². The van der Waals surface area contributed by atoms with Crippen LogP contribution >= 0.6 is 11.8 Å². The lowest BCUT2D eigenvalue weighted by Gasteiger charge is -2.24. The summed E-state index contributed by atoms with van der Waals surface area (Å²) in [6.07, 6.45) is 0.950. The molecule has 3 rings (SSSR count). The number of amides is 1. The fourth-order valence-corrected chi connectivity index (χ4v) is 3.94. The summed E-state index contributed by atoms with van der Waals surface area (Å²) in [5, 5.41) is -0.237. The third-order valence-electron chi connectivity index (χ3n) is 3.93. The first kappa shape index (κ1) is 15.1.